The number of hydrogen-bond donors (Lipinski definition) is 1. The number of aromatic nitrogens is 1. The van der Waals surface area contributed by atoms with Gasteiger partial charge in [0.25, 0.3) is 0 Å². The summed E-state index contributed by atoms with van der Waals surface area (Å²) in [5.41, 5.74) is 0. The van der Waals surface area contributed by atoms with Crippen molar-refractivity contribution in [1.29, 1.82) is 0 Å². The molecule has 1 aliphatic rings. The van der Waals surface area contributed by atoms with Crippen molar-refractivity contribution in [3.63, 3.8) is 0 Å². The maximum Gasteiger partial charge on any atom is 0.0897 e. The van der Waals surface area contributed by atoms with Crippen molar-refractivity contribution in [2.45, 2.75) is 52.1 Å². The molecule has 0 bridgehead atoms. The van der Waals surface area contributed by atoms with Gasteiger partial charge in [-0.1, -0.05) is 12.8 Å². The summed E-state index contributed by atoms with van der Waals surface area (Å²) in [6, 6.07) is 0.662. The van der Waals surface area contributed by atoms with E-state index in [1.807, 2.05) is 6.20 Å². The summed E-state index contributed by atoms with van der Waals surface area (Å²) in [5, 5.41) is 4.79. The summed E-state index contributed by atoms with van der Waals surface area (Å²) in [7, 11) is 0. The van der Waals surface area contributed by atoms with E-state index in [0.717, 1.165) is 12.5 Å². The molecule has 1 saturated carbocycles. The smallest absolute Gasteiger partial charge is 0.0897 e. The zero-order chi connectivity index (χ0) is 10.7. The Balaban J connectivity index is 1.77. The fraction of sp³-hybridized carbons (Fsp3) is 0.750. The van der Waals surface area contributed by atoms with Crippen LogP contribution in [0.4, 0.5) is 0 Å². The molecule has 84 valence electrons. The van der Waals surface area contributed by atoms with Gasteiger partial charge in [-0.05, 0) is 32.6 Å². The van der Waals surface area contributed by atoms with Crippen LogP contribution < -0.4 is 5.32 Å². The maximum atomic E-state index is 4.27. The van der Waals surface area contributed by atoms with Crippen molar-refractivity contribution in [1.82, 2.24) is 10.3 Å². The summed E-state index contributed by atoms with van der Waals surface area (Å²) in [6.07, 6.45) is 7.67. The lowest BCUT2D eigenvalue weighted by Gasteiger charge is -2.19. The Morgan fingerprint density at radius 2 is 2.27 bits per heavy atom. The molecule has 1 N–H and O–H groups in total. The second kappa shape index (κ2) is 5.08. The van der Waals surface area contributed by atoms with Crippen LogP contribution in [0.1, 0.15) is 42.5 Å². The second-order valence-corrected chi connectivity index (χ2v) is 5.88. The molecule has 1 aliphatic carbocycles. The zero-order valence-corrected chi connectivity index (χ0v) is 10.4. The molecule has 0 saturated heterocycles. The van der Waals surface area contributed by atoms with Crippen LogP contribution in [0.3, 0.4) is 0 Å². The SMILES string of the molecule is Cc1ncc(CN[C@H](C)C2CCCC2)s1. The van der Waals surface area contributed by atoms with Crippen molar-refractivity contribution in [2.24, 2.45) is 5.92 Å². The van der Waals surface area contributed by atoms with Gasteiger partial charge in [-0.3, -0.25) is 0 Å². The first-order valence-electron chi connectivity index (χ1n) is 5.90. The highest BCUT2D eigenvalue weighted by Crippen LogP contribution is 2.27. The molecule has 2 nitrogen and oxygen atoms in total. The molecule has 0 radical (unpaired) electrons. The minimum absolute atomic E-state index is 0.662. The van der Waals surface area contributed by atoms with Gasteiger partial charge in [-0.15, -0.1) is 11.3 Å². The summed E-state index contributed by atoms with van der Waals surface area (Å²) < 4.78 is 0. The molecular weight excluding hydrogens is 204 g/mol. The number of nitrogens with one attached hydrogen (secondary N) is 1. The maximum absolute atomic E-state index is 4.27. The van der Waals surface area contributed by atoms with Gasteiger partial charge in [0.05, 0.1) is 5.01 Å². The average Bonchev–Trinajstić information content (AvgIpc) is 2.84. The minimum atomic E-state index is 0.662. The molecule has 0 aliphatic heterocycles. The Labute approximate surface area is 96.1 Å². The van der Waals surface area contributed by atoms with Crippen LogP contribution in [0.5, 0.6) is 0 Å². The Bertz CT molecular complexity index is 302. The van der Waals surface area contributed by atoms with Gasteiger partial charge in [0.1, 0.15) is 0 Å². The van der Waals surface area contributed by atoms with Crippen LogP contribution in [-0.4, -0.2) is 11.0 Å². The normalized spacial score (nSPS) is 19.6. The van der Waals surface area contributed by atoms with Crippen molar-refractivity contribution in [3.05, 3.63) is 16.1 Å². The highest BCUT2D eigenvalue weighted by atomic mass is 32.1. The highest BCUT2D eigenvalue weighted by Gasteiger charge is 2.20. The van der Waals surface area contributed by atoms with Crippen LogP contribution in [0.15, 0.2) is 6.20 Å². The molecular formula is C12H20N2S. The van der Waals surface area contributed by atoms with E-state index in [2.05, 4.69) is 24.1 Å². The Kier molecular flexibility index (Phi) is 3.76. The van der Waals surface area contributed by atoms with Gasteiger partial charge >= 0.3 is 0 Å². The molecule has 1 aromatic heterocycles. The molecule has 0 aromatic carbocycles. The van der Waals surface area contributed by atoms with Crippen molar-refractivity contribution in [3.8, 4) is 0 Å². The highest BCUT2D eigenvalue weighted by molar-refractivity contribution is 7.11. The Morgan fingerprint density at radius 3 is 2.87 bits per heavy atom. The third-order valence-corrected chi connectivity index (χ3v) is 4.29. The first kappa shape index (κ1) is 11.1. The Morgan fingerprint density at radius 1 is 1.53 bits per heavy atom. The minimum Gasteiger partial charge on any atom is -0.309 e. The van der Waals surface area contributed by atoms with Crippen LogP contribution >= 0.6 is 11.3 Å². The lowest BCUT2D eigenvalue weighted by molar-refractivity contribution is 0.381. The average molecular weight is 224 g/mol. The van der Waals surface area contributed by atoms with E-state index in [9.17, 15) is 0 Å². The van der Waals surface area contributed by atoms with Crippen LogP contribution in [0, 0.1) is 12.8 Å². The fourth-order valence-corrected chi connectivity index (χ4v) is 3.12. The van der Waals surface area contributed by atoms with Crippen LogP contribution in [0.2, 0.25) is 0 Å². The van der Waals surface area contributed by atoms with Gasteiger partial charge in [-0.25, -0.2) is 4.98 Å². The van der Waals surface area contributed by atoms with E-state index in [-0.39, 0.29) is 0 Å². The van der Waals surface area contributed by atoms with E-state index in [1.165, 1.54) is 35.6 Å². The van der Waals surface area contributed by atoms with Gasteiger partial charge in [0.2, 0.25) is 0 Å². The molecule has 2 rings (SSSR count). The van der Waals surface area contributed by atoms with Crippen molar-refractivity contribution >= 4 is 11.3 Å². The summed E-state index contributed by atoms with van der Waals surface area (Å²) in [4.78, 5) is 5.63. The van der Waals surface area contributed by atoms with E-state index in [4.69, 9.17) is 0 Å². The van der Waals surface area contributed by atoms with E-state index < -0.39 is 0 Å². The quantitative estimate of drug-likeness (QED) is 0.850. The molecule has 0 unspecified atom stereocenters. The first-order chi connectivity index (χ1) is 7.25. The Hall–Kier alpha value is -0.410. The van der Waals surface area contributed by atoms with Gasteiger partial charge in [-0.2, -0.15) is 0 Å². The number of rotatable bonds is 4. The summed E-state index contributed by atoms with van der Waals surface area (Å²) in [5.74, 6) is 0.902. The van der Waals surface area contributed by atoms with Crippen LogP contribution in [-0.2, 0) is 6.54 Å². The van der Waals surface area contributed by atoms with Gasteiger partial charge in [0.15, 0.2) is 0 Å². The molecule has 15 heavy (non-hydrogen) atoms. The van der Waals surface area contributed by atoms with E-state index >= 15 is 0 Å². The first-order valence-corrected chi connectivity index (χ1v) is 6.72. The molecule has 1 aromatic rings. The number of nitrogens with zero attached hydrogens (tertiary/aromatic N) is 1. The topological polar surface area (TPSA) is 24.9 Å². The van der Waals surface area contributed by atoms with E-state index in [0.29, 0.717) is 6.04 Å². The lowest BCUT2D eigenvalue weighted by atomic mass is 10.00. The summed E-state index contributed by atoms with van der Waals surface area (Å²) >= 11 is 1.80. The predicted molar refractivity (Wildman–Crippen MR) is 65.1 cm³/mol. The molecule has 1 atom stereocenters. The second-order valence-electron chi connectivity index (χ2n) is 4.56. The molecule has 1 heterocycles. The molecule has 0 amide bonds. The third kappa shape index (κ3) is 3.02. The number of aryl methyl sites for hydroxylation is 1. The summed E-state index contributed by atoms with van der Waals surface area (Å²) in [6.45, 7) is 5.38. The largest absolute Gasteiger partial charge is 0.309 e. The van der Waals surface area contributed by atoms with E-state index in [1.54, 1.807) is 11.3 Å². The predicted octanol–water partition coefficient (Wildman–Crippen LogP) is 3.12. The standard InChI is InChI=1S/C12H20N2S/c1-9(11-5-3-4-6-11)13-7-12-8-14-10(2)15-12/h8-9,11,13H,3-7H2,1-2H3/t9-/m1/s1. The monoisotopic (exact) mass is 224 g/mol. The van der Waals surface area contributed by atoms with Gasteiger partial charge in [0, 0.05) is 23.7 Å². The zero-order valence-electron chi connectivity index (χ0n) is 9.62. The molecule has 0 spiro atoms. The fourth-order valence-electron chi connectivity index (χ4n) is 2.37. The number of hydrogen-bond acceptors (Lipinski definition) is 3. The molecule has 1 fully saturated rings. The van der Waals surface area contributed by atoms with Crippen molar-refractivity contribution < 1.29 is 0 Å². The lowest BCUT2D eigenvalue weighted by Crippen LogP contribution is -2.31. The van der Waals surface area contributed by atoms with Gasteiger partial charge < -0.3 is 5.32 Å². The third-order valence-electron chi connectivity index (χ3n) is 3.37. The number of thiazole rings is 1. The van der Waals surface area contributed by atoms with Crippen LogP contribution in [0.25, 0.3) is 0 Å². The van der Waals surface area contributed by atoms with Crippen molar-refractivity contribution in [2.75, 3.05) is 0 Å². The molecule has 3 heteroatoms.